The number of carbonyl (C=O) groups is 1. The molecule has 0 saturated heterocycles. The minimum absolute atomic E-state index is 0.0162. The van der Waals surface area contributed by atoms with Crippen LogP contribution >= 0.6 is 35.0 Å². The van der Waals surface area contributed by atoms with Gasteiger partial charge in [0.25, 0.3) is 5.69 Å². The zero-order valence-corrected chi connectivity index (χ0v) is 12.9. The second-order valence-electron chi connectivity index (χ2n) is 4.06. The van der Waals surface area contributed by atoms with Crippen LogP contribution in [0.25, 0.3) is 0 Å². The maximum Gasteiger partial charge on any atom is 0.282 e. The number of hydrogen-bond donors (Lipinski definition) is 0. The van der Waals surface area contributed by atoms with Crippen LogP contribution in [0.1, 0.15) is 10.4 Å². The fourth-order valence-electron chi connectivity index (χ4n) is 1.67. The summed E-state index contributed by atoms with van der Waals surface area (Å²) >= 11 is 12.8. The number of para-hydroxylation sites is 1. The molecule has 0 unspecified atom stereocenters. The predicted molar refractivity (Wildman–Crippen MR) is 84.6 cm³/mol. The standard InChI is InChI=1S/C14H9Cl2NO3S/c15-9-5-6-10(11(16)7-9)13(18)8-21-14-4-2-1-3-12(14)17(19)20/h1-7H,8H2. The van der Waals surface area contributed by atoms with Crippen LogP contribution in [0.15, 0.2) is 47.4 Å². The second-order valence-corrected chi connectivity index (χ2v) is 5.92. The first-order valence-electron chi connectivity index (χ1n) is 5.83. The number of benzene rings is 2. The number of rotatable bonds is 5. The summed E-state index contributed by atoms with van der Waals surface area (Å²) in [6.07, 6.45) is 0. The summed E-state index contributed by atoms with van der Waals surface area (Å²) in [5, 5.41) is 11.6. The third-order valence-corrected chi connectivity index (χ3v) is 4.26. The molecule has 0 atom stereocenters. The topological polar surface area (TPSA) is 60.2 Å². The Morgan fingerprint density at radius 1 is 1.19 bits per heavy atom. The molecule has 108 valence electrons. The predicted octanol–water partition coefficient (Wildman–Crippen LogP) is 4.88. The van der Waals surface area contributed by atoms with Crippen molar-refractivity contribution in [2.75, 3.05) is 5.75 Å². The minimum Gasteiger partial charge on any atom is -0.293 e. The quantitative estimate of drug-likeness (QED) is 0.336. The van der Waals surface area contributed by atoms with Crippen LogP contribution < -0.4 is 0 Å². The molecule has 0 amide bonds. The molecule has 0 aromatic heterocycles. The molecule has 0 aliphatic carbocycles. The lowest BCUT2D eigenvalue weighted by Gasteiger charge is -2.05. The minimum atomic E-state index is -0.470. The number of nitro groups is 1. The van der Waals surface area contributed by atoms with Gasteiger partial charge in [0.05, 0.1) is 20.6 Å². The molecule has 2 rings (SSSR count). The van der Waals surface area contributed by atoms with Gasteiger partial charge in [-0.15, -0.1) is 11.8 Å². The van der Waals surface area contributed by atoms with Gasteiger partial charge in [0.1, 0.15) is 0 Å². The van der Waals surface area contributed by atoms with E-state index in [4.69, 9.17) is 23.2 Å². The molecule has 0 fully saturated rings. The van der Waals surface area contributed by atoms with Crippen LogP contribution in [0.4, 0.5) is 5.69 Å². The Morgan fingerprint density at radius 2 is 1.90 bits per heavy atom. The zero-order valence-electron chi connectivity index (χ0n) is 10.6. The molecule has 0 spiro atoms. The number of nitro benzene ring substituents is 1. The lowest BCUT2D eigenvalue weighted by atomic mass is 10.1. The van der Waals surface area contributed by atoms with Crippen molar-refractivity contribution >= 4 is 46.4 Å². The van der Waals surface area contributed by atoms with Gasteiger partial charge in [-0.25, -0.2) is 0 Å². The molecular weight excluding hydrogens is 333 g/mol. The van der Waals surface area contributed by atoms with Crippen LogP contribution in [-0.2, 0) is 0 Å². The van der Waals surface area contributed by atoms with Crippen molar-refractivity contribution < 1.29 is 9.72 Å². The number of nitrogens with zero attached hydrogens (tertiary/aromatic N) is 1. The molecule has 0 heterocycles. The van der Waals surface area contributed by atoms with Gasteiger partial charge < -0.3 is 0 Å². The van der Waals surface area contributed by atoms with E-state index in [1.54, 1.807) is 30.3 Å². The Bertz CT molecular complexity index is 706. The molecule has 0 saturated carbocycles. The molecular formula is C14H9Cl2NO3S. The van der Waals surface area contributed by atoms with Gasteiger partial charge in [-0.1, -0.05) is 35.3 Å². The van der Waals surface area contributed by atoms with E-state index in [0.717, 1.165) is 11.8 Å². The summed E-state index contributed by atoms with van der Waals surface area (Å²) < 4.78 is 0. The van der Waals surface area contributed by atoms with E-state index in [1.807, 2.05) is 0 Å². The van der Waals surface area contributed by atoms with E-state index >= 15 is 0 Å². The van der Waals surface area contributed by atoms with Gasteiger partial charge >= 0.3 is 0 Å². The third kappa shape index (κ3) is 3.97. The molecule has 0 bridgehead atoms. The van der Waals surface area contributed by atoms with Crippen LogP contribution in [0.2, 0.25) is 10.0 Å². The van der Waals surface area contributed by atoms with E-state index in [2.05, 4.69) is 0 Å². The molecule has 4 nitrogen and oxygen atoms in total. The van der Waals surface area contributed by atoms with Crippen molar-refractivity contribution in [1.82, 2.24) is 0 Å². The number of thioether (sulfide) groups is 1. The molecule has 7 heteroatoms. The highest BCUT2D eigenvalue weighted by Crippen LogP contribution is 2.30. The van der Waals surface area contributed by atoms with Gasteiger partial charge in [-0.3, -0.25) is 14.9 Å². The van der Waals surface area contributed by atoms with Crippen molar-refractivity contribution in [3.8, 4) is 0 Å². The molecule has 2 aromatic rings. The number of Topliss-reactive ketones (excluding diaryl/α,β-unsaturated/α-hetero) is 1. The fourth-order valence-corrected chi connectivity index (χ4v) is 3.09. The Labute approximate surface area is 135 Å². The van der Waals surface area contributed by atoms with Crippen molar-refractivity contribution in [3.63, 3.8) is 0 Å². The molecule has 2 aromatic carbocycles. The van der Waals surface area contributed by atoms with Crippen molar-refractivity contribution in [2.45, 2.75) is 4.90 Å². The van der Waals surface area contributed by atoms with Crippen LogP contribution in [-0.4, -0.2) is 16.5 Å². The van der Waals surface area contributed by atoms with E-state index in [0.29, 0.717) is 15.5 Å². The van der Waals surface area contributed by atoms with E-state index in [9.17, 15) is 14.9 Å². The smallest absolute Gasteiger partial charge is 0.282 e. The van der Waals surface area contributed by atoms with E-state index < -0.39 is 4.92 Å². The van der Waals surface area contributed by atoms with Gasteiger partial charge in [-0.2, -0.15) is 0 Å². The average Bonchev–Trinajstić information content (AvgIpc) is 2.45. The molecule has 21 heavy (non-hydrogen) atoms. The Morgan fingerprint density at radius 3 is 2.57 bits per heavy atom. The first-order valence-corrected chi connectivity index (χ1v) is 7.57. The van der Waals surface area contributed by atoms with Crippen LogP contribution in [0, 0.1) is 10.1 Å². The molecule has 0 radical (unpaired) electrons. The lowest BCUT2D eigenvalue weighted by molar-refractivity contribution is -0.387. The summed E-state index contributed by atoms with van der Waals surface area (Å²) in [6, 6.07) is 10.9. The van der Waals surface area contributed by atoms with Crippen molar-refractivity contribution in [3.05, 3.63) is 68.2 Å². The molecule has 0 aliphatic rings. The molecule has 0 N–H and O–H groups in total. The van der Waals surface area contributed by atoms with Crippen molar-refractivity contribution in [1.29, 1.82) is 0 Å². The van der Waals surface area contributed by atoms with E-state index in [1.165, 1.54) is 12.1 Å². The fraction of sp³-hybridized carbons (Fsp3) is 0.0714. The first-order chi connectivity index (χ1) is 9.99. The number of ketones is 1. The Balaban J connectivity index is 2.13. The third-order valence-electron chi connectivity index (χ3n) is 2.65. The van der Waals surface area contributed by atoms with Crippen LogP contribution in [0.5, 0.6) is 0 Å². The lowest BCUT2D eigenvalue weighted by Crippen LogP contribution is -2.03. The summed E-state index contributed by atoms with van der Waals surface area (Å²) in [5.74, 6) is -0.147. The Hall–Kier alpha value is -1.56. The maximum absolute atomic E-state index is 12.1. The number of carbonyl (C=O) groups excluding carboxylic acids is 1. The van der Waals surface area contributed by atoms with E-state index in [-0.39, 0.29) is 22.2 Å². The number of halogens is 2. The monoisotopic (exact) mass is 341 g/mol. The molecule has 0 aliphatic heterocycles. The highest BCUT2D eigenvalue weighted by atomic mass is 35.5. The SMILES string of the molecule is O=C(CSc1ccccc1[N+](=O)[O-])c1ccc(Cl)cc1Cl. The summed E-state index contributed by atoms with van der Waals surface area (Å²) in [6.45, 7) is 0. The summed E-state index contributed by atoms with van der Waals surface area (Å²) in [7, 11) is 0. The van der Waals surface area contributed by atoms with Gasteiger partial charge in [0.2, 0.25) is 0 Å². The number of hydrogen-bond acceptors (Lipinski definition) is 4. The maximum atomic E-state index is 12.1. The van der Waals surface area contributed by atoms with Gasteiger partial charge in [-0.05, 0) is 24.3 Å². The summed E-state index contributed by atoms with van der Waals surface area (Å²) in [5.41, 5.74) is 0.338. The highest BCUT2D eigenvalue weighted by molar-refractivity contribution is 8.00. The zero-order chi connectivity index (χ0) is 15.4. The van der Waals surface area contributed by atoms with Gasteiger partial charge in [0.15, 0.2) is 5.78 Å². The van der Waals surface area contributed by atoms with Gasteiger partial charge in [0, 0.05) is 16.7 Å². The van der Waals surface area contributed by atoms with Crippen molar-refractivity contribution in [2.24, 2.45) is 0 Å². The second kappa shape index (κ2) is 6.93. The normalized spacial score (nSPS) is 10.4. The summed E-state index contributed by atoms with van der Waals surface area (Å²) in [4.78, 5) is 23.0. The Kier molecular flexibility index (Phi) is 5.22. The highest BCUT2D eigenvalue weighted by Gasteiger charge is 2.16. The van der Waals surface area contributed by atoms with Crippen LogP contribution in [0.3, 0.4) is 0 Å². The average molecular weight is 342 g/mol. The first kappa shape index (κ1) is 15.8. The largest absolute Gasteiger partial charge is 0.293 e.